The molecule has 5 aromatic carbocycles. The van der Waals surface area contributed by atoms with Crippen molar-refractivity contribution in [2.24, 2.45) is 0 Å². The van der Waals surface area contributed by atoms with Gasteiger partial charge in [-0.15, -0.1) is 0 Å². The van der Waals surface area contributed by atoms with Crippen molar-refractivity contribution >= 4 is 0 Å². The second-order valence-electron chi connectivity index (χ2n) is 8.96. The molecule has 1 heterocycles. The van der Waals surface area contributed by atoms with Crippen LogP contribution in [0.15, 0.2) is 146 Å². The summed E-state index contributed by atoms with van der Waals surface area (Å²) in [5.41, 5.74) is 9.32. The molecular weight excluding hydrogens is 436 g/mol. The topological polar surface area (TPSA) is 8.81 Å². The quantitative estimate of drug-likeness (QED) is 0.229. The van der Waals surface area contributed by atoms with Crippen LogP contribution in [0.4, 0.5) is 0 Å². The molecule has 0 aliphatic rings. The molecule has 0 fully saturated rings. The first kappa shape index (κ1) is 21.8. The highest BCUT2D eigenvalue weighted by molar-refractivity contribution is 5.81. The van der Waals surface area contributed by atoms with Gasteiger partial charge in [0.25, 0.3) is 5.82 Å². The maximum Gasteiger partial charge on any atom is 0.300 e. The SMILES string of the molecule is Cc1ccc(-c2c(-c3ccccc3)[n+](-c3ccccc3)c(-c3ccccc3)n2-c2ccccc2)cc1. The summed E-state index contributed by atoms with van der Waals surface area (Å²) in [4.78, 5) is 0. The van der Waals surface area contributed by atoms with Crippen molar-refractivity contribution in [2.75, 3.05) is 0 Å². The zero-order chi connectivity index (χ0) is 24.3. The van der Waals surface area contributed by atoms with Gasteiger partial charge in [-0.2, -0.15) is 9.13 Å². The van der Waals surface area contributed by atoms with Crippen LogP contribution in [0.2, 0.25) is 0 Å². The second-order valence-corrected chi connectivity index (χ2v) is 8.96. The minimum absolute atomic E-state index is 1.11. The molecule has 0 aliphatic carbocycles. The number of aryl methyl sites for hydroxylation is 1. The van der Waals surface area contributed by atoms with Gasteiger partial charge >= 0.3 is 0 Å². The molecule has 0 amide bonds. The van der Waals surface area contributed by atoms with E-state index < -0.39 is 0 Å². The molecular formula is C34H27N2+. The summed E-state index contributed by atoms with van der Waals surface area (Å²) in [6, 6.07) is 51.6. The average Bonchev–Trinajstić information content (AvgIpc) is 3.31. The molecule has 6 rings (SSSR count). The van der Waals surface area contributed by atoms with E-state index in [1.54, 1.807) is 0 Å². The van der Waals surface area contributed by atoms with E-state index in [1.165, 1.54) is 16.7 Å². The van der Waals surface area contributed by atoms with E-state index in [0.717, 1.165) is 34.2 Å². The lowest BCUT2D eigenvalue weighted by atomic mass is 10.0. The molecule has 2 heteroatoms. The fourth-order valence-corrected chi connectivity index (χ4v) is 4.87. The third-order valence-corrected chi connectivity index (χ3v) is 6.53. The monoisotopic (exact) mass is 463 g/mol. The summed E-state index contributed by atoms with van der Waals surface area (Å²) in [5.74, 6) is 1.11. The van der Waals surface area contributed by atoms with E-state index >= 15 is 0 Å². The first-order valence-corrected chi connectivity index (χ1v) is 12.3. The Balaban J connectivity index is 1.85. The van der Waals surface area contributed by atoms with Crippen molar-refractivity contribution in [2.45, 2.75) is 6.92 Å². The van der Waals surface area contributed by atoms with Crippen LogP contribution in [-0.2, 0) is 0 Å². The molecule has 0 bridgehead atoms. The molecule has 2 nitrogen and oxygen atoms in total. The molecule has 0 spiro atoms. The fourth-order valence-electron chi connectivity index (χ4n) is 4.87. The number of aromatic nitrogens is 2. The van der Waals surface area contributed by atoms with Crippen molar-refractivity contribution in [3.63, 3.8) is 0 Å². The third-order valence-electron chi connectivity index (χ3n) is 6.53. The zero-order valence-corrected chi connectivity index (χ0v) is 20.3. The molecule has 0 saturated heterocycles. The largest absolute Gasteiger partial charge is 0.300 e. The Morgan fingerprint density at radius 1 is 0.472 bits per heavy atom. The van der Waals surface area contributed by atoms with E-state index in [2.05, 4.69) is 162 Å². The van der Waals surface area contributed by atoms with Crippen molar-refractivity contribution in [1.82, 2.24) is 4.57 Å². The highest BCUT2D eigenvalue weighted by atomic mass is 15.2. The lowest BCUT2D eigenvalue weighted by molar-refractivity contribution is -0.571. The van der Waals surface area contributed by atoms with Gasteiger partial charge < -0.3 is 0 Å². The van der Waals surface area contributed by atoms with E-state index in [4.69, 9.17) is 0 Å². The van der Waals surface area contributed by atoms with Gasteiger partial charge in [-0.1, -0.05) is 115 Å². The Labute approximate surface area is 212 Å². The normalized spacial score (nSPS) is 10.9. The summed E-state index contributed by atoms with van der Waals surface area (Å²) in [6.45, 7) is 2.14. The summed E-state index contributed by atoms with van der Waals surface area (Å²) in [6.07, 6.45) is 0. The number of hydrogen-bond donors (Lipinski definition) is 0. The van der Waals surface area contributed by atoms with Crippen LogP contribution in [-0.4, -0.2) is 4.57 Å². The highest BCUT2D eigenvalue weighted by Gasteiger charge is 2.35. The molecule has 0 unspecified atom stereocenters. The molecule has 1 aromatic heterocycles. The first-order valence-electron chi connectivity index (χ1n) is 12.3. The Hall–Kier alpha value is -4.69. The Morgan fingerprint density at radius 3 is 1.56 bits per heavy atom. The molecule has 0 N–H and O–H groups in total. The van der Waals surface area contributed by atoms with Gasteiger partial charge in [-0.05, 0) is 43.3 Å². The maximum atomic E-state index is 2.41. The number of rotatable bonds is 5. The smallest absolute Gasteiger partial charge is 0.187 e. The first-order chi connectivity index (χ1) is 17.8. The van der Waals surface area contributed by atoms with E-state index in [0.29, 0.717) is 0 Å². The van der Waals surface area contributed by atoms with Gasteiger partial charge in [-0.3, -0.25) is 0 Å². The van der Waals surface area contributed by atoms with Gasteiger partial charge in [-0.25, -0.2) is 0 Å². The zero-order valence-electron chi connectivity index (χ0n) is 20.3. The van der Waals surface area contributed by atoms with Crippen LogP contribution >= 0.6 is 0 Å². The maximum absolute atomic E-state index is 2.41. The van der Waals surface area contributed by atoms with Gasteiger partial charge in [0, 0.05) is 11.1 Å². The molecule has 0 atom stereocenters. The number of hydrogen-bond acceptors (Lipinski definition) is 0. The molecule has 36 heavy (non-hydrogen) atoms. The minimum Gasteiger partial charge on any atom is -0.187 e. The molecule has 6 aromatic rings. The lowest BCUT2D eigenvalue weighted by Crippen LogP contribution is -2.34. The van der Waals surface area contributed by atoms with Crippen LogP contribution in [0.25, 0.3) is 45.3 Å². The molecule has 172 valence electrons. The van der Waals surface area contributed by atoms with Crippen molar-refractivity contribution < 1.29 is 4.57 Å². The molecule has 0 radical (unpaired) electrons. The van der Waals surface area contributed by atoms with E-state index in [-0.39, 0.29) is 0 Å². The van der Waals surface area contributed by atoms with Crippen molar-refractivity contribution in [3.8, 4) is 45.3 Å². The van der Waals surface area contributed by atoms with E-state index in [1.807, 2.05) is 0 Å². The second kappa shape index (κ2) is 9.52. The van der Waals surface area contributed by atoms with Gasteiger partial charge in [0.2, 0.25) is 0 Å². The predicted octanol–water partition coefficient (Wildman–Crippen LogP) is 8.06. The summed E-state index contributed by atoms with van der Waals surface area (Å²) in [5, 5.41) is 0. The lowest BCUT2D eigenvalue weighted by Gasteiger charge is -2.07. The minimum atomic E-state index is 1.11. The predicted molar refractivity (Wildman–Crippen MR) is 148 cm³/mol. The third kappa shape index (κ3) is 3.93. The van der Waals surface area contributed by atoms with Crippen LogP contribution in [0.3, 0.4) is 0 Å². The van der Waals surface area contributed by atoms with Crippen LogP contribution < -0.4 is 4.57 Å². The summed E-state index contributed by atoms with van der Waals surface area (Å²) < 4.78 is 4.82. The van der Waals surface area contributed by atoms with Crippen molar-refractivity contribution in [1.29, 1.82) is 0 Å². The summed E-state index contributed by atoms with van der Waals surface area (Å²) in [7, 11) is 0. The Kier molecular flexibility index (Phi) is 5.77. The standard InChI is InChI=1S/C34H27N2/c1-26-22-24-28(25-23-26)33-32(27-14-6-2-7-15-27)35(30-18-10-4-11-19-30)34(29-16-8-3-9-17-29)36(33)31-20-12-5-13-21-31/h2-25H,1H3/q+1. The fraction of sp³-hybridized carbons (Fsp3) is 0.0294. The van der Waals surface area contributed by atoms with Gasteiger partial charge in [0.15, 0.2) is 11.4 Å². The van der Waals surface area contributed by atoms with Gasteiger partial charge in [0.1, 0.15) is 11.4 Å². The van der Waals surface area contributed by atoms with Gasteiger partial charge in [0.05, 0.1) is 5.56 Å². The Morgan fingerprint density at radius 2 is 0.972 bits per heavy atom. The average molecular weight is 464 g/mol. The Bertz CT molecular complexity index is 1480. The van der Waals surface area contributed by atoms with Crippen molar-refractivity contribution in [3.05, 3.63) is 151 Å². The number of para-hydroxylation sites is 2. The summed E-state index contributed by atoms with van der Waals surface area (Å²) >= 11 is 0. The molecule has 0 aliphatic heterocycles. The van der Waals surface area contributed by atoms with Crippen LogP contribution in [0.5, 0.6) is 0 Å². The number of benzene rings is 5. The van der Waals surface area contributed by atoms with Crippen LogP contribution in [0, 0.1) is 6.92 Å². The number of nitrogens with zero attached hydrogens (tertiary/aromatic N) is 2. The highest BCUT2D eigenvalue weighted by Crippen LogP contribution is 2.38. The molecule has 0 saturated carbocycles. The van der Waals surface area contributed by atoms with Crippen LogP contribution in [0.1, 0.15) is 5.56 Å². The van der Waals surface area contributed by atoms with E-state index in [9.17, 15) is 0 Å². The number of imidazole rings is 1.